The molecule has 0 spiro atoms. The number of benzene rings is 1. The normalized spacial score (nSPS) is 14.2. The largest absolute Gasteiger partial charge is 0.490 e. The van der Waals surface area contributed by atoms with Crippen LogP contribution in [0.25, 0.3) is 0 Å². The molecule has 0 atom stereocenters. The van der Waals surface area contributed by atoms with Gasteiger partial charge in [-0.05, 0) is 43.7 Å². The lowest BCUT2D eigenvalue weighted by Gasteiger charge is -2.11. The van der Waals surface area contributed by atoms with Crippen molar-refractivity contribution >= 4 is 5.69 Å². The Morgan fingerprint density at radius 3 is 3.00 bits per heavy atom. The highest BCUT2D eigenvalue weighted by atomic mass is 19.1. The summed E-state index contributed by atoms with van der Waals surface area (Å²) in [6.45, 7) is 5.12. The standard InChI is InChI=1S/C15H21FN2O/c1-2-3-4-9-17-18-13-7-8-14(16)15(10-13)19-11-12-5-6-12/h2,7-8,10,12,17-18H,1,3-6,9,11H2. The maximum absolute atomic E-state index is 13.5. The molecule has 1 aliphatic rings. The number of hydrogen-bond donors (Lipinski definition) is 2. The molecule has 4 heteroatoms. The van der Waals surface area contributed by atoms with Crippen LogP contribution < -0.4 is 15.6 Å². The van der Waals surface area contributed by atoms with Gasteiger partial charge in [0.25, 0.3) is 0 Å². The molecule has 1 aliphatic carbocycles. The first-order valence-electron chi connectivity index (χ1n) is 6.81. The van der Waals surface area contributed by atoms with Gasteiger partial charge in [-0.1, -0.05) is 6.08 Å². The highest BCUT2D eigenvalue weighted by Crippen LogP contribution is 2.30. The molecule has 0 heterocycles. The third-order valence-electron chi connectivity index (χ3n) is 3.05. The van der Waals surface area contributed by atoms with Gasteiger partial charge in [-0.3, -0.25) is 0 Å². The Morgan fingerprint density at radius 1 is 1.42 bits per heavy atom. The number of ether oxygens (including phenoxy) is 1. The van der Waals surface area contributed by atoms with Gasteiger partial charge in [0, 0.05) is 12.6 Å². The summed E-state index contributed by atoms with van der Waals surface area (Å²) >= 11 is 0. The van der Waals surface area contributed by atoms with E-state index in [0.29, 0.717) is 18.3 Å². The number of hydrazine groups is 1. The van der Waals surface area contributed by atoms with Crippen LogP contribution in [-0.4, -0.2) is 13.2 Å². The van der Waals surface area contributed by atoms with E-state index in [1.807, 2.05) is 6.08 Å². The Hall–Kier alpha value is -1.55. The number of hydrogen-bond acceptors (Lipinski definition) is 3. The van der Waals surface area contributed by atoms with Gasteiger partial charge in [0.05, 0.1) is 12.3 Å². The van der Waals surface area contributed by atoms with Crippen LogP contribution in [0.3, 0.4) is 0 Å². The molecular weight excluding hydrogens is 243 g/mol. The topological polar surface area (TPSA) is 33.3 Å². The molecule has 0 aliphatic heterocycles. The lowest BCUT2D eigenvalue weighted by Crippen LogP contribution is -2.22. The van der Waals surface area contributed by atoms with E-state index >= 15 is 0 Å². The van der Waals surface area contributed by atoms with Crippen molar-refractivity contribution < 1.29 is 9.13 Å². The maximum Gasteiger partial charge on any atom is 0.165 e. The molecule has 0 amide bonds. The minimum Gasteiger partial charge on any atom is -0.490 e. The number of anilines is 1. The van der Waals surface area contributed by atoms with Crippen LogP contribution in [0.4, 0.5) is 10.1 Å². The van der Waals surface area contributed by atoms with Crippen LogP contribution in [0.5, 0.6) is 5.75 Å². The highest BCUT2D eigenvalue weighted by Gasteiger charge is 2.22. The molecule has 104 valence electrons. The minimum atomic E-state index is -0.308. The van der Waals surface area contributed by atoms with E-state index in [1.54, 1.807) is 12.1 Å². The van der Waals surface area contributed by atoms with Crippen molar-refractivity contribution in [3.8, 4) is 5.75 Å². The summed E-state index contributed by atoms with van der Waals surface area (Å²) in [6.07, 6.45) is 6.29. The molecule has 0 unspecified atom stereocenters. The molecule has 2 rings (SSSR count). The molecule has 1 fully saturated rings. The first-order chi connectivity index (χ1) is 9.29. The average Bonchev–Trinajstić information content (AvgIpc) is 3.23. The van der Waals surface area contributed by atoms with Gasteiger partial charge in [-0.2, -0.15) is 0 Å². The van der Waals surface area contributed by atoms with Gasteiger partial charge in [0.15, 0.2) is 11.6 Å². The van der Waals surface area contributed by atoms with E-state index in [4.69, 9.17) is 4.74 Å². The molecule has 0 aromatic heterocycles. The fraction of sp³-hybridized carbons (Fsp3) is 0.467. The Bertz CT molecular complexity index is 419. The minimum absolute atomic E-state index is 0.308. The van der Waals surface area contributed by atoms with Crippen molar-refractivity contribution in [2.24, 2.45) is 5.92 Å². The fourth-order valence-electron chi connectivity index (χ4n) is 1.68. The van der Waals surface area contributed by atoms with E-state index in [1.165, 1.54) is 18.9 Å². The van der Waals surface area contributed by atoms with E-state index in [0.717, 1.165) is 25.1 Å². The highest BCUT2D eigenvalue weighted by molar-refractivity contribution is 5.48. The van der Waals surface area contributed by atoms with Crippen LogP contribution in [0.15, 0.2) is 30.9 Å². The lowest BCUT2D eigenvalue weighted by atomic mass is 10.3. The van der Waals surface area contributed by atoms with Gasteiger partial charge >= 0.3 is 0 Å². The summed E-state index contributed by atoms with van der Waals surface area (Å²) in [5.41, 5.74) is 6.94. The summed E-state index contributed by atoms with van der Waals surface area (Å²) < 4.78 is 19.0. The molecule has 1 saturated carbocycles. The van der Waals surface area contributed by atoms with E-state index in [2.05, 4.69) is 17.4 Å². The van der Waals surface area contributed by atoms with Crippen molar-refractivity contribution in [3.05, 3.63) is 36.7 Å². The zero-order valence-corrected chi connectivity index (χ0v) is 11.1. The van der Waals surface area contributed by atoms with Crippen LogP contribution in [0.2, 0.25) is 0 Å². The van der Waals surface area contributed by atoms with Gasteiger partial charge in [0.2, 0.25) is 0 Å². The molecule has 3 nitrogen and oxygen atoms in total. The Morgan fingerprint density at radius 2 is 2.26 bits per heavy atom. The number of nitrogens with one attached hydrogen (secondary N) is 2. The first kappa shape index (κ1) is 13.9. The van der Waals surface area contributed by atoms with Crippen LogP contribution in [0.1, 0.15) is 25.7 Å². The van der Waals surface area contributed by atoms with E-state index in [-0.39, 0.29) is 5.82 Å². The molecule has 1 aromatic carbocycles. The number of rotatable bonds is 9. The summed E-state index contributed by atoms with van der Waals surface area (Å²) in [5.74, 6) is 0.635. The monoisotopic (exact) mass is 264 g/mol. The number of allylic oxidation sites excluding steroid dienone is 1. The predicted octanol–water partition coefficient (Wildman–Crippen LogP) is 3.50. The molecule has 0 radical (unpaired) electrons. The SMILES string of the molecule is C=CCCCNNc1ccc(F)c(OCC2CC2)c1. The zero-order chi connectivity index (χ0) is 13.5. The van der Waals surface area contributed by atoms with Crippen molar-refractivity contribution in [2.75, 3.05) is 18.6 Å². The zero-order valence-electron chi connectivity index (χ0n) is 11.1. The van der Waals surface area contributed by atoms with Crippen molar-refractivity contribution in [1.29, 1.82) is 0 Å². The van der Waals surface area contributed by atoms with Crippen LogP contribution >= 0.6 is 0 Å². The van der Waals surface area contributed by atoms with Gasteiger partial charge in [-0.15, -0.1) is 6.58 Å². The number of halogens is 1. The Labute approximate surface area is 113 Å². The lowest BCUT2D eigenvalue weighted by molar-refractivity contribution is 0.285. The summed E-state index contributed by atoms with van der Waals surface area (Å²) in [6, 6.07) is 4.81. The summed E-state index contributed by atoms with van der Waals surface area (Å²) in [4.78, 5) is 0. The van der Waals surface area contributed by atoms with E-state index in [9.17, 15) is 4.39 Å². The number of unbranched alkanes of at least 4 members (excludes halogenated alkanes) is 1. The van der Waals surface area contributed by atoms with Crippen LogP contribution in [0, 0.1) is 11.7 Å². The summed E-state index contributed by atoms with van der Waals surface area (Å²) in [5, 5.41) is 0. The fourth-order valence-corrected chi connectivity index (χ4v) is 1.68. The van der Waals surface area contributed by atoms with Crippen molar-refractivity contribution in [2.45, 2.75) is 25.7 Å². The second-order valence-electron chi connectivity index (χ2n) is 4.88. The summed E-state index contributed by atoms with van der Waals surface area (Å²) in [7, 11) is 0. The van der Waals surface area contributed by atoms with Gasteiger partial charge in [0.1, 0.15) is 0 Å². The average molecular weight is 264 g/mol. The third-order valence-corrected chi connectivity index (χ3v) is 3.05. The van der Waals surface area contributed by atoms with Crippen molar-refractivity contribution in [1.82, 2.24) is 5.43 Å². The van der Waals surface area contributed by atoms with E-state index < -0.39 is 0 Å². The first-order valence-corrected chi connectivity index (χ1v) is 6.81. The quantitative estimate of drug-likeness (QED) is 0.407. The molecule has 0 saturated heterocycles. The Kier molecular flexibility index (Phi) is 5.21. The van der Waals surface area contributed by atoms with Gasteiger partial charge < -0.3 is 10.2 Å². The molecule has 2 N–H and O–H groups in total. The molecule has 1 aromatic rings. The molecule has 19 heavy (non-hydrogen) atoms. The Balaban J connectivity index is 1.79. The molecule has 0 bridgehead atoms. The van der Waals surface area contributed by atoms with Crippen molar-refractivity contribution in [3.63, 3.8) is 0 Å². The van der Waals surface area contributed by atoms with Crippen LogP contribution in [-0.2, 0) is 0 Å². The second-order valence-corrected chi connectivity index (χ2v) is 4.88. The molecular formula is C15H21FN2O. The maximum atomic E-state index is 13.5. The smallest absolute Gasteiger partial charge is 0.165 e. The van der Waals surface area contributed by atoms with Gasteiger partial charge in [-0.25, -0.2) is 9.82 Å². The predicted molar refractivity (Wildman–Crippen MR) is 75.7 cm³/mol. The second kappa shape index (κ2) is 7.14. The third kappa shape index (κ3) is 4.91.